The summed E-state index contributed by atoms with van der Waals surface area (Å²) in [5.41, 5.74) is 5.66. The fourth-order valence-electron chi connectivity index (χ4n) is 2.60. The molecule has 0 aliphatic rings. The lowest BCUT2D eigenvalue weighted by Gasteiger charge is -2.15. The second-order valence-electron chi connectivity index (χ2n) is 6.09. The highest BCUT2D eigenvalue weighted by molar-refractivity contribution is 6.30. The maximum Gasteiger partial charge on any atom is 0.339 e. The first kappa shape index (κ1) is 20.8. The zero-order valence-corrected chi connectivity index (χ0v) is 16.1. The third-order valence-electron chi connectivity index (χ3n) is 4.02. The van der Waals surface area contributed by atoms with Gasteiger partial charge in [-0.1, -0.05) is 41.9 Å². The SMILES string of the molecule is NC(=O)C(OC(=O)c1ccc(Oc2ccc(Cl)cc2[N+](=O)[O-])cc1)c1ccccc1. The third kappa shape index (κ3) is 4.92. The lowest BCUT2D eigenvalue weighted by molar-refractivity contribution is -0.385. The second-order valence-corrected chi connectivity index (χ2v) is 6.53. The molecular formula is C21H15ClN2O6. The Morgan fingerprint density at radius 1 is 1.00 bits per heavy atom. The van der Waals surface area contributed by atoms with Crippen LogP contribution >= 0.6 is 11.6 Å². The van der Waals surface area contributed by atoms with E-state index in [1.54, 1.807) is 30.3 Å². The molecule has 0 fully saturated rings. The van der Waals surface area contributed by atoms with Crippen molar-refractivity contribution < 1.29 is 24.0 Å². The van der Waals surface area contributed by atoms with Crippen LogP contribution in [0.1, 0.15) is 22.0 Å². The van der Waals surface area contributed by atoms with Gasteiger partial charge < -0.3 is 15.2 Å². The number of rotatable bonds is 7. The summed E-state index contributed by atoms with van der Waals surface area (Å²) in [6, 6.07) is 18.1. The van der Waals surface area contributed by atoms with Crippen LogP contribution in [0.15, 0.2) is 72.8 Å². The molecule has 3 rings (SSSR count). The molecule has 0 radical (unpaired) electrons. The standard InChI is InChI=1S/C21H15ClN2O6/c22-15-8-11-18(17(12-15)24(27)28)29-16-9-6-14(7-10-16)21(26)30-19(20(23)25)13-4-2-1-3-5-13/h1-12,19H,(H2,23,25). The van der Waals surface area contributed by atoms with Crippen molar-refractivity contribution in [3.63, 3.8) is 0 Å². The number of nitrogens with two attached hydrogens (primary N) is 1. The fraction of sp³-hybridized carbons (Fsp3) is 0.0476. The van der Waals surface area contributed by atoms with Crippen LogP contribution in [-0.2, 0) is 9.53 Å². The molecule has 0 saturated carbocycles. The van der Waals surface area contributed by atoms with Crippen LogP contribution in [0.25, 0.3) is 0 Å². The topological polar surface area (TPSA) is 122 Å². The quantitative estimate of drug-likeness (QED) is 0.339. The number of ether oxygens (including phenoxy) is 2. The average Bonchev–Trinajstić information content (AvgIpc) is 2.74. The van der Waals surface area contributed by atoms with Gasteiger partial charge in [0, 0.05) is 16.7 Å². The van der Waals surface area contributed by atoms with E-state index >= 15 is 0 Å². The maximum absolute atomic E-state index is 12.4. The van der Waals surface area contributed by atoms with Gasteiger partial charge in [-0.05, 0) is 36.4 Å². The third-order valence-corrected chi connectivity index (χ3v) is 4.26. The summed E-state index contributed by atoms with van der Waals surface area (Å²) < 4.78 is 10.8. The summed E-state index contributed by atoms with van der Waals surface area (Å²) in [6.07, 6.45) is -1.23. The molecule has 1 amide bonds. The Morgan fingerprint density at radius 3 is 2.27 bits per heavy atom. The molecule has 2 N–H and O–H groups in total. The monoisotopic (exact) mass is 426 g/mol. The molecule has 0 heterocycles. The Kier molecular flexibility index (Phi) is 6.29. The molecule has 0 aliphatic carbocycles. The number of esters is 1. The molecule has 0 saturated heterocycles. The molecule has 30 heavy (non-hydrogen) atoms. The molecule has 9 heteroatoms. The van der Waals surface area contributed by atoms with Crippen molar-refractivity contribution in [1.29, 1.82) is 0 Å². The van der Waals surface area contributed by atoms with E-state index in [-0.39, 0.29) is 27.8 Å². The summed E-state index contributed by atoms with van der Waals surface area (Å²) in [5.74, 6) is -1.31. The molecule has 0 aromatic heterocycles. The van der Waals surface area contributed by atoms with Crippen LogP contribution in [0.4, 0.5) is 5.69 Å². The van der Waals surface area contributed by atoms with E-state index in [1.807, 2.05) is 0 Å². The number of hydrogen-bond acceptors (Lipinski definition) is 6. The maximum atomic E-state index is 12.4. The van der Waals surface area contributed by atoms with Crippen LogP contribution in [0.3, 0.4) is 0 Å². The highest BCUT2D eigenvalue weighted by atomic mass is 35.5. The van der Waals surface area contributed by atoms with Crippen LogP contribution in [-0.4, -0.2) is 16.8 Å². The first-order chi connectivity index (χ1) is 14.3. The summed E-state index contributed by atoms with van der Waals surface area (Å²) in [7, 11) is 0. The average molecular weight is 427 g/mol. The van der Waals surface area contributed by atoms with E-state index < -0.39 is 22.9 Å². The van der Waals surface area contributed by atoms with Gasteiger partial charge >= 0.3 is 11.7 Å². The minimum absolute atomic E-state index is 0.00223. The van der Waals surface area contributed by atoms with Gasteiger partial charge in [0.2, 0.25) is 11.9 Å². The number of carbonyl (C=O) groups excluding carboxylic acids is 2. The van der Waals surface area contributed by atoms with Crippen LogP contribution < -0.4 is 10.5 Å². The molecule has 0 bridgehead atoms. The molecule has 8 nitrogen and oxygen atoms in total. The fourth-order valence-corrected chi connectivity index (χ4v) is 2.77. The summed E-state index contributed by atoms with van der Waals surface area (Å²) in [5, 5.41) is 11.4. The molecular weight excluding hydrogens is 412 g/mol. The van der Waals surface area contributed by atoms with Crippen molar-refractivity contribution in [2.24, 2.45) is 5.73 Å². The van der Waals surface area contributed by atoms with Crippen LogP contribution in [0.2, 0.25) is 5.02 Å². The minimum atomic E-state index is -1.23. The Hall–Kier alpha value is -3.91. The van der Waals surface area contributed by atoms with E-state index in [9.17, 15) is 19.7 Å². The smallest absolute Gasteiger partial charge is 0.339 e. The van der Waals surface area contributed by atoms with Gasteiger partial charge in [0.15, 0.2) is 0 Å². The zero-order chi connectivity index (χ0) is 21.7. The van der Waals surface area contributed by atoms with Gasteiger partial charge in [-0.3, -0.25) is 14.9 Å². The summed E-state index contributed by atoms with van der Waals surface area (Å²) in [4.78, 5) is 34.6. The Morgan fingerprint density at radius 2 is 1.67 bits per heavy atom. The van der Waals surface area contributed by atoms with Crippen molar-refractivity contribution in [1.82, 2.24) is 0 Å². The molecule has 1 atom stereocenters. The second kappa shape index (κ2) is 9.06. The van der Waals surface area contributed by atoms with Crippen molar-refractivity contribution in [2.45, 2.75) is 6.10 Å². The predicted molar refractivity (Wildman–Crippen MR) is 108 cm³/mol. The van der Waals surface area contributed by atoms with E-state index in [0.717, 1.165) is 0 Å². The van der Waals surface area contributed by atoms with Gasteiger partial charge in [0.1, 0.15) is 5.75 Å². The molecule has 152 valence electrons. The Bertz CT molecular complexity index is 1090. The minimum Gasteiger partial charge on any atom is -0.450 e. The van der Waals surface area contributed by atoms with E-state index in [2.05, 4.69) is 0 Å². The van der Waals surface area contributed by atoms with Gasteiger partial charge in [-0.2, -0.15) is 0 Å². The number of halogens is 1. The van der Waals surface area contributed by atoms with Gasteiger partial charge in [-0.15, -0.1) is 0 Å². The number of benzene rings is 3. The molecule has 0 aliphatic heterocycles. The van der Waals surface area contributed by atoms with Crippen LogP contribution in [0.5, 0.6) is 11.5 Å². The highest BCUT2D eigenvalue weighted by Crippen LogP contribution is 2.33. The molecule has 3 aromatic rings. The predicted octanol–water partition coefficient (Wildman–Crippen LogP) is 4.42. The number of nitro benzene ring substituents is 1. The molecule has 0 spiro atoms. The lowest BCUT2D eigenvalue weighted by Crippen LogP contribution is -2.26. The summed E-state index contributed by atoms with van der Waals surface area (Å²) >= 11 is 5.78. The van der Waals surface area contributed by atoms with Crippen molar-refractivity contribution >= 4 is 29.2 Å². The Balaban J connectivity index is 1.75. The van der Waals surface area contributed by atoms with E-state index in [1.165, 1.54) is 42.5 Å². The van der Waals surface area contributed by atoms with Gasteiger partial charge in [-0.25, -0.2) is 4.79 Å². The van der Waals surface area contributed by atoms with Gasteiger partial charge in [0.25, 0.3) is 5.91 Å². The number of amides is 1. The van der Waals surface area contributed by atoms with Crippen molar-refractivity contribution in [2.75, 3.05) is 0 Å². The number of nitrogens with zero attached hydrogens (tertiary/aromatic N) is 1. The molecule has 3 aromatic carbocycles. The first-order valence-corrected chi connectivity index (χ1v) is 9.00. The largest absolute Gasteiger partial charge is 0.450 e. The number of hydrogen-bond donors (Lipinski definition) is 1. The van der Waals surface area contributed by atoms with Crippen LogP contribution in [0, 0.1) is 10.1 Å². The van der Waals surface area contributed by atoms with E-state index in [0.29, 0.717) is 5.56 Å². The summed E-state index contributed by atoms with van der Waals surface area (Å²) in [6.45, 7) is 0. The normalized spacial score (nSPS) is 11.4. The highest BCUT2D eigenvalue weighted by Gasteiger charge is 2.23. The van der Waals surface area contributed by atoms with Crippen molar-refractivity contribution in [3.8, 4) is 11.5 Å². The first-order valence-electron chi connectivity index (χ1n) is 8.62. The zero-order valence-electron chi connectivity index (χ0n) is 15.4. The molecule has 1 unspecified atom stereocenters. The Labute approximate surface area is 175 Å². The number of carbonyl (C=O) groups is 2. The van der Waals surface area contributed by atoms with E-state index in [4.69, 9.17) is 26.8 Å². The lowest BCUT2D eigenvalue weighted by atomic mass is 10.1. The number of primary amides is 1. The van der Waals surface area contributed by atoms with Crippen molar-refractivity contribution in [3.05, 3.63) is 99.1 Å². The van der Waals surface area contributed by atoms with Gasteiger partial charge in [0.05, 0.1) is 10.5 Å². The number of nitro groups is 1.